The van der Waals surface area contributed by atoms with Crippen LogP contribution in [-0.2, 0) is 15.1 Å². The number of hydrogen-bond donors (Lipinski definition) is 1. The van der Waals surface area contributed by atoms with Gasteiger partial charge in [-0.2, -0.15) is 0 Å². The highest BCUT2D eigenvalue weighted by Crippen LogP contribution is 2.44. The molecule has 0 spiro atoms. The van der Waals surface area contributed by atoms with Crippen LogP contribution in [0.2, 0.25) is 0 Å². The quantitative estimate of drug-likeness (QED) is 0.674. The van der Waals surface area contributed by atoms with E-state index in [0.717, 1.165) is 5.56 Å². The molecule has 4 nitrogen and oxygen atoms in total. The molecule has 1 atom stereocenters. The fraction of sp³-hybridized carbons (Fsp3) is 0.438. The Kier molecular flexibility index (Phi) is 3.74. The molecule has 1 heterocycles. The van der Waals surface area contributed by atoms with E-state index < -0.39 is 11.1 Å². The van der Waals surface area contributed by atoms with Crippen molar-refractivity contribution in [1.29, 1.82) is 0 Å². The van der Waals surface area contributed by atoms with Crippen molar-refractivity contribution in [2.24, 2.45) is 0 Å². The number of ether oxygens (including phenoxy) is 2. The maximum Gasteiger partial charge on any atom is 0.331 e. The first-order valence-corrected chi connectivity index (χ1v) is 6.50. The number of terminal acetylenes is 1. The van der Waals surface area contributed by atoms with E-state index in [2.05, 4.69) is 11.2 Å². The van der Waals surface area contributed by atoms with Gasteiger partial charge in [0.25, 0.3) is 0 Å². The average Bonchev–Trinajstić information content (AvgIpc) is 2.42. The number of fused-ring (bicyclic) bond motifs is 1. The van der Waals surface area contributed by atoms with Gasteiger partial charge in [0.2, 0.25) is 0 Å². The number of para-hydroxylation sites is 1. The minimum absolute atomic E-state index is 0.277. The number of rotatable bonds is 3. The highest BCUT2D eigenvalue weighted by Gasteiger charge is 2.51. The highest BCUT2D eigenvalue weighted by molar-refractivity contribution is 5.84. The standard InChI is InChI=1S/C16H19NO3/c1-5-10-17-16(14(18)19-4)11-15(2,3)20-13-9-7-6-8-12(13)16/h1,6-9,17H,10-11H2,2-4H3. The molecular weight excluding hydrogens is 254 g/mol. The summed E-state index contributed by atoms with van der Waals surface area (Å²) in [5, 5.41) is 3.16. The van der Waals surface area contributed by atoms with Gasteiger partial charge in [0.15, 0.2) is 5.54 Å². The normalized spacial score (nSPS) is 23.1. The molecule has 1 unspecified atom stereocenters. The molecule has 2 rings (SSSR count). The number of esters is 1. The molecule has 1 aromatic carbocycles. The van der Waals surface area contributed by atoms with E-state index in [4.69, 9.17) is 15.9 Å². The monoisotopic (exact) mass is 273 g/mol. The van der Waals surface area contributed by atoms with Crippen molar-refractivity contribution in [3.8, 4) is 18.1 Å². The summed E-state index contributed by atoms with van der Waals surface area (Å²) >= 11 is 0. The maximum atomic E-state index is 12.4. The largest absolute Gasteiger partial charge is 0.487 e. The van der Waals surface area contributed by atoms with Crippen molar-refractivity contribution in [3.63, 3.8) is 0 Å². The molecule has 20 heavy (non-hydrogen) atoms. The van der Waals surface area contributed by atoms with Gasteiger partial charge in [-0.3, -0.25) is 5.32 Å². The third-order valence-electron chi connectivity index (χ3n) is 3.45. The molecule has 1 aromatic rings. The Morgan fingerprint density at radius 2 is 2.20 bits per heavy atom. The zero-order valence-corrected chi connectivity index (χ0v) is 12.0. The average molecular weight is 273 g/mol. The van der Waals surface area contributed by atoms with Crippen molar-refractivity contribution in [3.05, 3.63) is 29.8 Å². The van der Waals surface area contributed by atoms with Gasteiger partial charge in [0, 0.05) is 12.0 Å². The molecule has 0 radical (unpaired) electrons. The molecule has 0 bridgehead atoms. The Hall–Kier alpha value is -1.99. The summed E-state index contributed by atoms with van der Waals surface area (Å²) in [4.78, 5) is 12.4. The number of carbonyl (C=O) groups excluding carboxylic acids is 1. The van der Waals surface area contributed by atoms with Gasteiger partial charge in [-0.15, -0.1) is 6.42 Å². The topological polar surface area (TPSA) is 47.6 Å². The molecule has 0 aliphatic carbocycles. The highest BCUT2D eigenvalue weighted by atomic mass is 16.5. The Morgan fingerprint density at radius 3 is 2.85 bits per heavy atom. The molecule has 1 aliphatic heterocycles. The van der Waals surface area contributed by atoms with Crippen LogP contribution in [0.25, 0.3) is 0 Å². The Labute approximate surface area is 119 Å². The van der Waals surface area contributed by atoms with E-state index in [9.17, 15) is 4.79 Å². The molecule has 106 valence electrons. The van der Waals surface area contributed by atoms with Gasteiger partial charge in [0.1, 0.15) is 11.4 Å². The lowest BCUT2D eigenvalue weighted by atomic mass is 9.77. The second kappa shape index (κ2) is 5.18. The summed E-state index contributed by atoms with van der Waals surface area (Å²) in [6.07, 6.45) is 5.79. The summed E-state index contributed by atoms with van der Waals surface area (Å²) < 4.78 is 11.0. The number of nitrogens with one attached hydrogen (secondary N) is 1. The molecule has 0 aromatic heterocycles. The van der Waals surface area contributed by atoms with Crippen LogP contribution < -0.4 is 10.1 Å². The van der Waals surface area contributed by atoms with Crippen LogP contribution in [0.4, 0.5) is 0 Å². The smallest absolute Gasteiger partial charge is 0.331 e. The summed E-state index contributed by atoms with van der Waals surface area (Å²) in [5.74, 6) is 2.85. The Morgan fingerprint density at radius 1 is 1.50 bits per heavy atom. The van der Waals surface area contributed by atoms with Crippen LogP contribution in [0, 0.1) is 12.3 Å². The van der Waals surface area contributed by atoms with Gasteiger partial charge < -0.3 is 9.47 Å². The van der Waals surface area contributed by atoms with E-state index in [1.807, 2.05) is 38.1 Å². The van der Waals surface area contributed by atoms with Crippen LogP contribution >= 0.6 is 0 Å². The second-order valence-corrected chi connectivity index (χ2v) is 5.49. The van der Waals surface area contributed by atoms with E-state index in [-0.39, 0.29) is 12.5 Å². The van der Waals surface area contributed by atoms with E-state index >= 15 is 0 Å². The Bertz CT molecular complexity index is 559. The minimum Gasteiger partial charge on any atom is -0.487 e. The first-order valence-electron chi connectivity index (χ1n) is 6.50. The summed E-state index contributed by atoms with van der Waals surface area (Å²) in [6, 6.07) is 7.47. The van der Waals surface area contributed by atoms with Crippen LogP contribution in [-0.4, -0.2) is 25.2 Å². The molecule has 1 N–H and O–H groups in total. The number of methoxy groups -OCH3 is 1. The van der Waals surface area contributed by atoms with Gasteiger partial charge >= 0.3 is 5.97 Å². The van der Waals surface area contributed by atoms with Crippen LogP contribution in [0.3, 0.4) is 0 Å². The van der Waals surface area contributed by atoms with Crippen LogP contribution in [0.5, 0.6) is 5.75 Å². The third-order valence-corrected chi connectivity index (χ3v) is 3.45. The Balaban J connectivity index is 2.59. The van der Waals surface area contributed by atoms with Crippen molar-refractivity contribution in [2.75, 3.05) is 13.7 Å². The van der Waals surface area contributed by atoms with Crippen molar-refractivity contribution in [2.45, 2.75) is 31.4 Å². The van der Waals surface area contributed by atoms with E-state index in [1.165, 1.54) is 7.11 Å². The predicted octanol–water partition coefficient (Wildman–Crippen LogP) is 1.84. The predicted molar refractivity (Wildman–Crippen MR) is 76.3 cm³/mol. The summed E-state index contributed by atoms with van der Waals surface area (Å²) in [7, 11) is 1.38. The molecule has 4 heteroatoms. The van der Waals surface area contributed by atoms with Crippen molar-refractivity contribution < 1.29 is 14.3 Å². The molecule has 0 fully saturated rings. The van der Waals surface area contributed by atoms with Gasteiger partial charge in [-0.05, 0) is 19.9 Å². The molecule has 1 aliphatic rings. The van der Waals surface area contributed by atoms with Gasteiger partial charge in [-0.1, -0.05) is 24.1 Å². The molecule has 0 saturated heterocycles. The molecule has 0 saturated carbocycles. The van der Waals surface area contributed by atoms with Crippen molar-refractivity contribution in [1.82, 2.24) is 5.32 Å². The summed E-state index contributed by atoms with van der Waals surface area (Å²) in [6.45, 7) is 4.16. The maximum absolute atomic E-state index is 12.4. The van der Waals surface area contributed by atoms with Crippen LogP contribution in [0.15, 0.2) is 24.3 Å². The van der Waals surface area contributed by atoms with Gasteiger partial charge in [0.05, 0.1) is 13.7 Å². The number of carbonyl (C=O) groups is 1. The second-order valence-electron chi connectivity index (χ2n) is 5.49. The third kappa shape index (κ3) is 2.37. The first kappa shape index (κ1) is 14.4. The van der Waals surface area contributed by atoms with Gasteiger partial charge in [-0.25, -0.2) is 4.79 Å². The zero-order chi connectivity index (χ0) is 14.8. The van der Waals surface area contributed by atoms with Crippen LogP contribution in [0.1, 0.15) is 25.8 Å². The summed E-state index contributed by atoms with van der Waals surface area (Å²) in [5.41, 5.74) is -0.703. The minimum atomic E-state index is -0.973. The van der Waals surface area contributed by atoms with E-state index in [0.29, 0.717) is 12.2 Å². The SMILES string of the molecule is C#CCNC1(C(=O)OC)CC(C)(C)Oc2ccccc21. The molecular formula is C16H19NO3. The zero-order valence-electron chi connectivity index (χ0n) is 12.0. The van der Waals surface area contributed by atoms with Crippen molar-refractivity contribution >= 4 is 5.97 Å². The van der Waals surface area contributed by atoms with E-state index in [1.54, 1.807) is 0 Å². The lowest BCUT2D eigenvalue weighted by Crippen LogP contribution is -2.57. The number of hydrogen-bond acceptors (Lipinski definition) is 4. The fourth-order valence-corrected chi connectivity index (χ4v) is 2.76. The number of benzene rings is 1. The first-order chi connectivity index (χ1) is 9.45. The fourth-order valence-electron chi connectivity index (χ4n) is 2.76. The molecule has 0 amide bonds. The lowest BCUT2D eigenvalue weighted by Gasteiger charge is -2.44. The lowest BCUT2D eigenvalue weighted by molar-refractivity contribution is -0.153.